The molecule has 0 aliphatic rings. The number of carbonyl (C=O) groups is 1. The molecule has 106 valence electrons. The van der Waals surface area contributed by atoms with E-state index in [0.717, 1.165) is 5.75 Å². The summed E-state index contributed by atoms with van der Waals surface area (Å²) in [6, 6.07) is 7.22. The van der Waals surface area contributed by atoms with Crippen LogP contribution in [0.4, 0.5) is 0 Å². The van der Waals surface area contributed by atoms with Crippen molar-refractivity contribution in [1.29, 1.82) is 0 Å². The lowest BCUT2D eigenvalue weighted by molar-refractivity contribution is -0.141. The predicted octanol–water partition coefficient (Wildman–Crippen LogP) is 1.04. The van der Waals surface area contributed by atoms with Gasteiger partial charge in [-0.2, -0.15) is 0 Å². The van der Waals surface area contributed by atoms with Crippen LogP contribution in [-0.4, -0.2) is 35.2 Å². The van der Waals surface area contributed by atoms with Gasteiger partial charge in [-0.15, -0.1) is 5.10 Å². The molecule has 20 heavy (non-hydrogen) atoms. The SMILES string of the molecule is COC(=O)Cn1cc(COc2ccc(OC)cc2)nn1. The van der Waals surface area contributed by atoms with E-state index < -0.39 is 0 Å². The molecule has 0 aliphatic heterocycles. The average molecular weight is 277 g/mol. The fraction of sp³-hybridized carbons (Fsp3) is 0.308. The second kappa shape index (κ2) is 6.55. The maximum atomic E-state index is 11.1. The highest BCUT2D eigenvalue weighted by atomic mass is 16.5. The summed E-state index contributed by atoms with van der Waals surface area (Å²) in [5.74, 6) is 1.09. The maximum Gasteiger partial charge on any atom is 0.327 e. The van der Waals surface area contributed by atoms with Crippen LogP contribution in [0.25, 0.3) is 0 Å². The molecule has 0 bridgehead atoms. The summed E-state index contributed by atoms with van der Waals surface area (Å²) in [6.45, 7) is 0.305. The van der Waals surface area contributed by atoms with Gasteiger partial charge in [0.2, 0.25) is 0 Å². The maximum absolute atomic E-state index is 11.1. The minimum Gasteiger partial charge on any atom is -0.497 e. The fourth-order valence-electron chi connectivity index (χ4n) is 1.51. The number of aromatic nitrogens is 3. The number of hydrogen-bond acceptors (Lipinski definition) is 6. The Kier molecular flexibility index (Phi) is 4.54. The van der Waals surface area contributed by atoms with Crippen molar-refractivity contribution in [3.63, 3.8) is 0 Å². The molecule has 0 saturated carbocycles. The van der Waals surface area contributed by atoms with Gasteiger partial charge in [0.25, 0.3) is 0 Å². The molecule has 1 aromatic heterocycles. The molecule has 2 aromatic rings. The van der Waals surface area contributed by atoms with Crippen molar-refractivity contribution in [2.45, 2.75) is 13.2 Å². The number of hydrogen-bond donors (Lipinski definition) is 0. The predicted molar refractivity (Wildman–Crippen MR) is 69.4 cm³/mol. The first-order chi connectivity index (χ1) is 9.71. The van der Waals surface area contributed by atoms with Crippen LogP contribution in [0, 0.1) is 0 Å². The van der Waals surface area contributed by atoms with Gasteiger partial charge in [0, 0.05) is 0 Å². The molecule has 0 radical (unpaired) electrons. The Morgan fingerprint density at radius 2 is 1.90 bits per heavy atom. The van der Waals surface area contributed by atoms with Gasteiger partial charge in [-0.3, -0.25) is 4.79 Å². The van der Waals surface area contributed by atoms with Crippen molar-refractivity contribution in [1.82, 2.24) is 15.0 Å². The summed E-state index contributed by atoms with van der Waals surface area (Å²) >= 11 is 0. The lowest BCUT2D eigenvalue weighted by Crippen LogP contribution is -2.11. The van der Waals surface area contributed by atoms with Gasteiger partial charge in [0.1, 0.15) is 30.3 Å². The number of esters is 1. The van der Waals surface area contributed by atoms with Gasteiger partial charge in [0.15, 0.2) is 0 Å². The van der Waals surface area contributed by atoms with Gasteiger partial charge >= 0.3 is 5.97 Å². The summed E-state index contributed by atoms with van der Waals surface area (Å²) in [4.78, 5) is 11.1. The Hall–Kier alpha value is -2.57. The molecule has 7 heteroatoms. The van der Waals surface area contributed by atoms with Crippen molar-refractivity contribution in [2.24, 2.45) is 0 Å². The first-order valence-corrected chi connectivity index (χ1v) is 5.94. The first-order valence-electron chi connectivity index (χ1n) is 5.94. The van der Waals surface area contributed by atoms with E-state index in [4.69, 9.17) is 9.47 Å². The van der Waals surface area contributed by atoms with E-state index in [1.54, 1.807) is 25.4 Å². The highest BCUT2D eigenvalue weighted by Gasteiger charge is 2.06. The highest BCUT2D eigenvalue weighted by Crippen LogP contribution is 2.17. The Morgan fingerprint density at radius 1 is 1.20 bits per heavy atom. The van der Waals surface area contributed by atoms with Crippen molar-refractivity contribution in [3.05, 3.63) is 36.2 Å². The summed E-state index contributed by atoms with van der Waals surface area (Å²) in [5, 5.41) is 7.72. The minimum atomic E-state index is -0.377. The van der Waals surface area contributed by atoms with Gasteiger partial charge < -0.3 is 14.2 Å². The van der Waals surface area contributed by atoms with Crippen molar-refractivity contribution < 1.29 is 19.0 Å². The van der Waals surface area contributed by atoms with Gasteiger partial charge in [0.05, 0.1) is 20.4 Å². The number of methoxy groups -OCH3 is 2. The van der Waals surface area contributed by atoms with E-state index in [1.807, 2.05) is 12.1 Å². The van der Waals surface area contributed by atoms with E-state index in [1.165, 1.54) is 11.8 Å². The zero-order chi connectivity index (χ0) is 14.4. The Morgan fingerprint density at radius 3 is 2.55 bits per heavy atom. The monoisotopic (exact) mass is 277 g/mol. The summed E-state index contributed by atoms with van der Waals surface area (Å²) in [7, 11) is 2.93. The van der Waals surface area contributed by atoms with E-state index in [2.05, 4.69) is 15.0 Å². The van der Waals surface area contributed by atoms with E-state index in [-0.39, 0.29) is 19.1 Å². The largest absolute Gasteiger partial charge is 0.497 e. The third kappa shape index (κ3) is 3.71. The van der Waals surface area contributed by atoms with Crippen LogP contribution in [0.1, 0.15) is 5.69 Å². The molecule has 7 nitrogen and oxygen atoms in total. The topological polar surface area (TPSA) is 75.5 Å². The Balaban J connectivity index is 1.88. The standard InChI is InChI=1S/C13H15N3O4/c1-18-11-3-5-12(6-4-11)20-9-10-7-16(15-14-10)8-13(17)19-2/h3-7H,8-9H2,1-2H3. The van der Waals surface area contributed by atoms with Crippen LogP contribution in [0.2, 0.25) is 0 Å². The zero-order valence-corrected chi connectivity index (χ0v) is 11.3. The van der Waals surface area contributed by atoms with Crippen LogP contribution in [0.5, 0.6) is 11.5 Å². The number of nitrogens with zero attached hydrogens (tertiary/aromatic N) is 3. The molecule has 1 aromatic carbocycles. The van der Waals surface area contributed by atoms with Crippen LogP contribution in [0.15, 0.2) is 30.5 Å². The van der Waals surface area contributed by atoms with Gasteiger partial charge in [-0.05, 0) is 24.3 Å². The highest BCUT2D eigenvalue weighted by molar-refractivity contribution is 5.68. The summed E-state index contributed by atoms with van der Waals surface area (Å²) < 4.78 is 16.6. The lowest BCUT2D eigenvalue weighted by Gasteiger charge is -2.04. The summed E-state index contributed by atoms with van der Waals surface area (Å²) in [5.41, 5.74) is 0.629. The first kappa shape index (κ1) is 13.9. The molecule has 0 saturated heterocycles. The Bertz CT molecular complexity index is 565. The third-order valence-electron chi connectivity index (χ3n) is 2.55. The van der Waals surface area contributed by atoms with Crippen molar-refractivity contribution in [2.75, 3.05) is 14.2 Å². The van der Waals surface area contributed by atoms with E-state index in [9.17, 15) is 4.79 Å². The minimum absolute atomic E-state index is 0.0338. The lowest BCUT2D eigenvalue weighted by atomic mass is 10.3. The van der Waals surface area contributed by atoms with Gasteiger partial charge in [-0.1, -0.05) is 5.21 Å². The normalized spacial score (nSPS) is 10.1. The molecule has 0 fully saturated rings. The van der Waals surface area contributed by atoms with E-state index in [0.29, 0.717) is 11.4 Å². The second-order valence-corrected chi connectivity index (χ2v) is 3.95. The Labute approximate surface area is 116 Å². The molecule has 0 unspecified atom stereocenters. The molecule has 0 aliphatic carbocycles. The average Bonchev–Trinajstić information content (AvgIpc) is 2.93. The molecule has 0 atom stereocenters. The smallest absolute Gasteiger partial charge is 0.327 e. The number of rotatable bonds is 6. The number of carbonyl (C=O) groups excluding carboxylic acids is 1. The second-order valence-electron chi connectivity index (χ2n) is 3.95. The molecule has 0 N–H and O–H groups in total. The molecule has 0 amide bonds. The molecule has 1 heterocycles. The van der Waals surface area contributed by atoms with Crippen LogP contribution in [-0.2, 0) is 22.7 Å². The molecule has 2 rings (SSSR count). The van der Waals surface area contributed by atoms with Crippen molar-refractivity contribution >= 4 is 5.97 Å². The zero-order valence-electron chi connectivity index (χ0n) is 11.3. The number of ether oxygens (including phenoxy) is 3. The molecule has 0 spiro atoms. The van der Waals surface area contributed by atoms with Crippen LogP contribution >= 0.6 is 0 Å². The quantitative estimate of drug-likeness (QED) is 0.734. The van der Waals surface area contributed by atoms with Gasteiger partial charge in [-0.25, -0.2) is 4.68 Å². The molecular weight excluding hydrogens is 262 g/mol. The summed E-state index contributed by atoms with van der Waals surface area (Å²) in [6.07, 6.45) is 1.64. The van der Waals surface area contributed by atoms with E-state index >= 15 is 0 Å². The molecular formula is C13H15N3O4. The van der Waals surface area contributed by atoms with Crippen LogP contribution in [0.3, 0.4) is 0 Å². The number of benzene rings is 1. The van der Waals surface area contributed by atoms with Crippen LogP contribution < -0.4 is 9.47 Å². The fourth-order valence-corrected chi connectivity index (χ4v) is 1.51. The van der Waals surface area contributed by atoms with Crippen molar-refractivity contribution in [3.8, 4) is 11.5 Å². The third-order valence-corrected chi connectivity index (χ3v) is 2.55.